The molecule has 1 heterocycles. The third-order valence-electron chi connectivity index (χ3n) is 4.60. The van der Waals surface area contributed by atoms with E-state index in [1.165, 1.54) is 6.08 Å². The fourth-order valence-electron chi connectivity index (χ4n) is 2.92. The highest BCUT2D eigenvalue weighted by atomic mass is 35.5. The molecule has 3 rings (SSSR count). The molecule has 0 spiro atoms. The summed E-state index contributed by atoms with van der Waals surface area (Å²) in [4.78, 5) is 50.2. The lowest BCUT2D eigenvalue weighted by Gasteiger charge is -2.13. The van der Waals surface area contributed by atoms with Crippen LogP contribution in [0.1, 0.15) is 21.5 Å². The Balaban J connectivity index is 1.50. The molecular weight excluding hydrogens is 473 g/mol. The highest BCUT2D eigenvalue weighted by Gasteiger charge is 2.34. The molecule has 7 nitrogen and oxygen atoms in total. The Kier molecular flexibility index (Phi) is 7.95. The molecule has 0 aromatic heterocycles. The summed E-state index contributed by atoms with van der Waals surface area (Å²) in [5, 5.41) is 5.32. The number of amides is 4. The van der Waals surface area contributed by atoms with Gasteiger partial charge in [-0.3, -0.25) is 24.1 Å². The van der Waals surface area contributed by atoms with Crippen molar-refractivity contribution in [3.63, 3.8) is 0 Å². The predicted octanol–water partition coefficient (Wildman–Crippen LogP) is 3.88. The summed E-state index contributed by atoms with van der Waals surface area (Å²) in [7, 11) is 0. The smallest absolute Gasteiger partial charge is 0.293 e. The Hall–Kier alpha value is -2.81. The van der Waals surface area contributed by atoms with Gasteiger partial charge < -0.3 is 10.6 Å². The SMILES string of the molecule is Cc1ccccc1C(=O)NCC(=O)NCCN1C(=O)S/C(=C\c2cccc(Cl)c2Cl)C1=O. The Morgan fingerprint density at radius 1 is 1.06 bits per heavy atom. The summed E-state index contributed by atoms with van der Waals surface area (Å²) in [5.41, 5.74) is 1.82. The average Bonchev–Trinajstić information content (AvgIpc) is 3.03. The fraction of sp³-hybridized carbons (Fsp3) is 0.182. The van der Waals surface area contributed by atoms with Gasteiger partial charge in [0, 0.05) is 18.7 Å². The summed E-state index contributed by atoms with van der Waals surface area (Å²) >= 11 is 12.9. The molecule has 0 aliphatic carbocycles. The number of carbonyl (C=O) groups excluding carboxylic acids is 4. The van der Waals surface area contributed by atoms with E-state index in [0.29, 0.717) is 21.2 Å². The highest BCUT2D eigenvalue weighted by Crippen LogP contribution is 2.34. The maximum absolute atomic E-state index is 12.6. The third-order valence-corrected chi connectivity index (χ3v) is 6.34. The van der Waals surface area contributed by atoms with Gasteiger partial charge in [-0.25, -0.2) is 0 Å². The number of hydrogen-bond donors (Lipinski definition) is 2. The number of benzene rings is 2. The van der Waals surface area contributed by atoms with Crippen LogP contribution in [0.2, 0.25) is 10.0 Å². The minimum Gasteiger partial charge on any atom is -0.353 e. The number of nitrogens with one attached hydrogen (secondary N) is 2. The van der Waals surface area contributed by atoms with Crippen molar-refractivity contribution in [2.45, 2.75) is 6.92 Å². The summed E-state index contributed by atoms with van der Waals surface area (Å²) in [6.45, 7) is 1.65. The lowest BCUT2D eigenvalue weighted by Crippen LogP contribution is -2.41. The van der Waals surface area contributed by atoms with Gasteiger partial charge in [0.2, 0.25) is 5.91 Å². The predicted molar refractivity (Wildman–Crippen MR) is 126 cm³/mol. The van der Waals surface area contributed by atoms with Crippen LogP contribution in [0.3, 0.4) is 0 Å². The molecule has 0 atom stereocenters. The first-order chi connectivity index (χ1) is 15.3. The van der Waals surface area contributed by atoms with E-state index >= 15 is 0 Å². The molecule has 2 aromatic rings. The number of nitrogens with zero attached hydrogens (tertiary/aromatic N) is 1. The monoisotopic (exact) mass is 491 g/mol. The minimum absolute atomic E-state index is 0.00274. The van der Waals surface area contributed by atoms with Crippen molar-refractivity contribution in [3.05, 3.63) is 74.1 Å². The standard InChI is InChI=1S/C22H19Cl2N3O4S/c1-13-5-2-3-7-15(13)20(29)26-12-18(28)25-9-10-27-21(30)17(32-22(27)31)11-14-6-4-8-16(23)19(14)24/h2-8,11H,9-10,12H2,1H3,(H,25,28)(H,26,29)/b17-11-. The summed E-state index contributed by atoms with van der Waals surface area (Å²) in [6, 6.07) is 12.0. The molecule has 0 bridgehead atoms. The molecule has 32 heavy (non-hydrogen) atoms. The van der Waals surface area contributed by atoms with E-state index in [9.17, 15) is 19.2 Å². The Bertz CT molecular complexity index is 1120. The number of carbonyl (C=O) groups is 4. The average molecular weight is 492 g/mol. The number of hydrogen-bond acceptors (Lipinski definition) is 5. The van der Waals surface area contributed by atoms with Crippen LogP contribution >= 0.6 is 35.0 Å². The van der Waals surface area contributed by atoms with Gasteiger partial charge in [0.25, 0.3) is 17.1 Å². The van der Waals surface area contributed by atoms with Crippen molar-refractivity contribution in [2.24, 2.45) is 0 Å². The molecule has 4 amide bonds. The van der Waals surface area contributed by atoms with Gasteiger partial charge in [0.1, 0.15) is 0 Å². The van der Waals surface area contributed by atoms with Gasteiger partial charge in [0.05, 0.1) is 21.5 Å². The zero-order chi connectivity index (χ0) is 23.3. The number of halogens is 2. The third kappa shape index (κ3) is 5.70. The van der Waals surface area contributed by atoms with Gasteiger partial charge in [-0.1, -0.05) is 53.5 Å². The van der Waals surface area contributed by atoms with E-state index in [2.05, 4.69) is 10.6 Å². The van der Waals surface area contributed by atoms with Crippen LogP contribution in [-0.2, 0) is 9.59 Å². The van der Waals surface area contributed by atoms with Crippen LogP contribution in [-0.4, -0.2) is 47.5 Å². The molecule has 1 saturated heterocycles. The van der Waals surface area contributed by atoms with Crippen molar-refractivity contribution in [1.82, 2.24) is 15.5 Å². The zero-order valence-corrected chi connectivity index (χ0v) is 19.3. The van der Waals surface area contributed by atoms with E-state index in [1.54, 1.807) is 43.3 Å². The maximum atomic E-state index is 12.6. The first kappa shape index (κ1) is 23.8. The number of imide groups is 1. The first-order valence-corrected chi connectivity index (χ1v) is 11.1. The molecule has 1 aliphatic heterocycles. The van der Waals surface area contributed by atoms with Crippen LogP contribution in [0.25, 0.3) is 6.08 Å². The molecular formula is C22H19Cl2N3O4S. The fourth-order valence-corrected chi connectivity index (χ4v) is 4.14. The molecule has 10 heteroatoms. The minimum atomic E-state index is -0.474. The second-order valence-corrected chi connectivity index (χ2v) is 8.60. The van der Waals surface area contributed by atoms with Crippen LogP contribution in [0.5, 0.6) is 0 Å². The van der Waals surface area contributed by atoms with E-state index in [-0.39, 0.29) is 30.4 Å². The maximum Gasteiger partial charge on any atom is 0.293 e. The van der Waals surface area contributed by atoms with E-state index in [0.717, 1.165) is 22.2 Å². The summed E-state index contributed by atoms with van der Waals surface area (Å²) in [6.07, 6.45) is 1.51. The summed E-state index contributed by atoms with van der Waals surface area (Å²) in [5.74, 6) is -1.26. The number of thioether (sulfide) groups is 1. The molecule has 2 aromatic carbocycles. The van der Waals surface area contributed by atoms with Gasteiger partial charge in [0.15, 0.2) is 0 Å². The van der Waals surface area contributed by atoms with Crippen LogP contribution in [0, 0.1) is 6.92 Å². The van der Waals surface area contributed by atoms with Crippen molar-refractivity contribution in [1.29, 1.82) is 0 Å². The second-order valence-electron chi connectivity index (χ2n) is 6.82. The van der Waals surface area contributed by atoms with Crippen molar-refractivity contribution in [2.75, 3.05) is 19.6 Å². The van der Waals surface area contributed by atoms with Gasteiger partial charge in [-0.05, 0) is 48.0 Å². The molecule has 0 radical (unpaired) electrons. The summed E-state index contributed by atoms with van der Waals surface area (Å²) < 4.78 is 0. The first-order valence-electron chi connectivity index (χ1n) is 9.58. The largest absolute Gasteiger partial charge is 0.353 e. The second kappa shape index (κ2) is 10.7. The molecule has 1 fully saturated rings. The van der Waals surface area contributed by atoms with E-state index < -0.39 is 17.1 Å². The quantitative estimate of drug-likeness (QED) is 0.572. The topological polar surface area (TPSA) is 95.6 Å². The molecule has 1 aliphatic rings. The normalized spacial score (nSPS) is 14.7. The lowest BCUT2D eigenvalue weighted by molar-refractivity contribution is -0.124. The van der Waals surface area contributed by atoms with Crippen molar-refractivity contribution < 1.29 is 19.2 Å². The van der Waals surface area contributed by atoms with Gasteiger partial charge in [-0.15, -0.1) is 0 Å². The molecule has 166 valence electrons. The van der Waals surface area contributed by atoms with Gasteiger partial charge in [-0.2, -0.15) is 0 Å². The lowest BCUT2D eigenvalue weighted by atomic mass is 10.1. The molecule has 2 N–H and O–H groups in total. The number of rotatable bonds is 7. The van der Waals surface area contributed by atoms with Crippen LogP contribution < -0.4 is 10.6 Å². The van der Waals surface area contributed by atoms with E-state index in [1.807, 2.05) is 6.07 Å². The van der Waals surface area contributed by atoms with E-state index in [4.69, 9.17) is 23.2 Å². The van der Waals surface area contributed by atoms with Crippen LogP contribution in [0.4, 0.5) is 4.79 Å². The molecule has 0 saturated carbocycles. The van der Waals surface area contributed by atoms with Crippen molar-refractivity contribution >= 4 is 64.0 Å². The number of aryl methyl sites for hydroxylation is 1. The highest BCUT2D eigenvalue weighted by molar-refractivity contribution is 8.18. The Labute approximate surface area is 199 Å². The van der Waals surface area contributed by atoms with Crippen molar-refractivity contribution in [3.8, 4) is 0 Å². The Morgan fingerprint density at radius 3 is 2.56 bits per heavy atom. The zero-order valence-electron chi connectivity index (χ0n) is 17.0. The molecule has 0 unspecified atom stereocenters. The van der Waals surface area contributed by atoms with Gasteiger partial charge >= 0.3 is 0 Å². The van der Waals surface area contributed by atoms with Crippen LogP contribution in [0.15, 0.2) is 47.4 Å². The Morgan fingerprint density at radius 2 is 1.81 bits per heavy atom.